The van der Waals surface area contributed by atoms with Crippen molar-refractivity contribution in [2.45, 2.75) is 45.6 Å². The quantitative estimate of drug-likeness (QED) is 0.913. The lowest BCUT2D eigenvalue weighted by molar-refractivity contribution is 0.138. The SMILES string of the molecule is CNC1(c2nc(C(C)C)cs2)CSCCC1(C)C. The van der Waals surface area contributed by atoms with Gasteiger partial charge in [-0.15, -0.1) is 11.3 Å². The summed E-state index contributed by atoms with van der Waals surface area (Å²) >= 11 is 3.87. The smallest absolute Gasteiger partial charge is 0.114 e. The second-order valence-corrected chi connectivity index (χ2v) is 8.04. The van der Waals surface area contributed by atoms with Gasteiger partial charge in [-0.05, 0) is 30.6 Å². The predicted molar refractivity (Wildman–Crippen MR) is 82.7 cm³/mol. The minimum Gasteiger partial charge on any atom is -0.307 e. The Morgan fingerprint density at radius 1 is 1.39 bits per heavy atom. The van der Waals surface area contributed by atoms with Crippen molar-refractivity contribution >= 4 is 23.1 Å². The predicted octanol–water partition coefficient (Wildman–Crippen LogP) is 3.84. The molecule has 4 heteroatoms. The maximum absolute atomic E-state index is 4.91. The summed E-state index contributed by atoms with van der Waals surface area (Å²) in [5, 5.41) is 7.10. The Balaban J connectivity index is 2.41. The lowest BCUT2D eigenvalue weighted by atomic mass is 9.71. The van der Waals surface area contributed by atoms with E-state index in [4.69, 9.17) is 4.98 Å². The monoisotopic (exact) mass is 284 g/mol. The van der Waals surface area contributed by atoms with Crippen molar-refractivity contribution in [3.05, 3.63) is 16.1 Å². The van der Waals surface area contributed by atoms with E-state index in [2.05, 4.69) is 45.4 Å². The maximum atomic E-state index is 4.91. The van der Waals surface area contributed by atoms with Gasteiger partial charge >= 0.3 is 0 Å². The standard InChI is InChI=1S/C14H24N2S2/c1-10(2)11-8-18-12(16-11)14(15-5)9-17-7-6-13(14,3)4/h8,10,15H,6-7,9H2,1-5H3. The van der Waals surface area contributed by atoms with Crippen LogP contribution in [0.1, 0.15) is 50.7 Å². The first kappa shape index (κ1) is 14.4. The van der Waals surface area contributed by atoms with Gasteiger partial charge in [0.25, 0.3) is 0 Å². The van der Waals surface area contributed by atoms with Gasteiger partial charge in [-0.3, -0.25) is 0 Å². The van der Waals surface area contributed by atoms with Gasteiger partial charge < -0.3 is 5.32 Å². The van der Waals surface area contributed by atoms with Gasteiger partial charge in [-0.2, -0.15) is 11.8 Å². The van der Waals surface area contributed by atoms with Gasteiger partial charge in [0.15, 0.2) is 0 Å². The van der Waals surface area contributed by atoms with E-state index in [9.17, 15) is 0 Å². The van der Waals surface area contributed by atoms with Gasteiger partial charge in [0, 0.05) is 11.1 Å². The highest BCUT2D eigenvalue weighted by Gasteiger charge is 2.49. The van der Waals surface area contributed by atoms with Crippen molar-refractivity contribution in [1.29, 1.82) is 0 Å². The Morgan fingerprint density at radius 2 is 2.11 bits per heavy atom. The van der Waals surface area contributed by atoms with Crippen LogP contribution in [0.25, 0.3) is 0 Å². The molecule has 2 heterocycles. The van der Waals surface area contributed by atoms with Crippen LogP contribution in [-0.4, -0.2) is 23.5 Å². The third-order valence-corrected chi connectivity index (χ3v) is 6.40. The van der Waals surface area contributed by atoms with E-state index in [0.717, 1.165) is 5.75 Å². The summed E-state index contributed by atoms with van der Waals surface area (Å²) in [6.07, 6.45) is 1.25. The van der Waals surface area contributed by atoms with E-state index in [1.54, 1.807) is 0 Å². The highest BCUT2D eigenvalue weighted by Crippen LogP contribution is 2.49. The number of aromatic nitrogens is 1. The first-order valence-corrected chi connectivity index (χ1v) is 8.69. The largest absolute Gasteiger partial charge is 0.307 e. The topological polar surface area (TPSA) is 24.9 Å². The fourth-order valence-corrected chi connectivity index (χ4v) is 5.81. The molecule has 1 atom stereocenters. The molecule has 2 rings (SSSR count). The van der Waals surface area contributed by atoms with E-state index < -0.39 is 0 Å². The highest BCUT2D eigenvalue weighted by molar-refractivity contribution is 7.99. The van der Waals surface area contributed by atoms with Crippen LogP contribution < -0.4 is 5.32 Å². The zero-order chi connectivity index (χ0) is 13.4. The van der Waals surface area contributed by atoms with E-state index in [0.29, 0.717) is 5.92 Å². The van der Waals surface area contributed by atoms with Gasteiger partial charge in [-0.1, -0.05) is 27.7 Å². The summed E-state index contributed by atoms with van der Waals surface area (Å²) in [5.74, 6) is 2.91. The fourth-order valence-electron chi connectivity index (χ4n) is 2.58. The molecule has 0 saturated carbocycles. The minimum absolute atomic E-state index is 0.0354. The van der Waals surface area contributed by atoms with Crippen LogP contribution in [0.15, 0.2) is 5.38 Å². The molecule has 0 aromatic carbocycles. The summed E-state index contributed by atoms with van der Waals surface area (Å²) < 4.78 is 0. The molecule has 1 saturated heterocycles. The second kappa shape index (κ2) is 5.14. The summed E-state index contributed by atoms with van der Waals surface area (Å²) in [5.41, 5.74) is 1.53. The molecule has 0 radical (unpaired) electrons. The van der Waals surface area contributed by atoms with Crippen LogP contribution in [0, 0.1) is 5.41 Å². The van der Waals surface area contributed by atoms with Crippen LogP contribution >= 0.6 is 23.1 Å². The van der Waals surface area contributed by atoms with Gasteiger partial charge in [0.2, 0.25) is 0 Å². The minimum atomic E-state index is 0.0354. The summed E-state index contributed by atoms with van der Waals surface area (Å²) in [6.45, 7) is 9.18. The van der Waals surface area contributed by atoms with Crippen LogP contribution in [0.4, 0.5) is 0 Å². The molecule has 1 aromatic rings. The maximum Gasteiger partial charge on any atom is 0.114 e. The molecule has 1 N–H and O–H groups in total. The zero-order valence-corrected chi connectivity index (χ0v) is 13.7. The third-order valence-electron chi connectivity index (χ3n) is 4.25. The Morgan fingerprint density at radius 3 is 2.61 bits per heavy atom. The number of rotatable bonds is 3. The average molecular weight is 284 g/mol. The van der Waals surface area contributed by atoms with Crippen LogP contribution in [-0.2, 0) is 5.54 Å². The third kappa shape index (κ3) is 2.23. The second-order valence-electron chi connectivity index (χ2n) is 6.07. The molecular weight excluding hydrogens is 260 g/mol. The lowest BCUT2D eigenvalue weighted by Gasteiger charge is -2.48. The Hall–Kier alpha value is -0.0600. The number of thiazole rings is 1. The Bertz CT molecular complexity index is 412. The molecule has 1 aliphatic rings. The normalized spacial score (nSPS) is 27.7. The first-order chi connectivity index (χ1) is 8.43. The van der Waals surface area contributed by atoms with Gasteiger partial charge in [0.1, 0.15) is 5.01 Å². The summed E-state index contributed by atoms with van der Waals surface area (Å²) in [4.78, 5) is 4.91. The van der Waals surface area contributed by atoms with Crippen molar-refractivity contribution < 1.29 is 0 Å². The van der Waals surface area contributed by atoms with Crippen LogP contribution in [0.5, 0.6) is 0 Å². The molecule has 1 fully saturated rings. The number of hydrogen-bond acceptors (Lipinski definition) is 4. The van der Waals surface area contributed by atoms with Crippen LogP contribution in [0.2, 0.25) is 0 Å². The van der Waals surface area contributed by atoms with Crippen molar-refractivity contribution in [3.63, 3.8) is 0 Å². The number of hydrogen-bond donors (Lipinski definition) is 1. The Labute approximate surface area is 119 Å². The van der Waals surface area contributed by atoms with E-state index in [1.807, 2.05) is 23.1 Å². The summed E-state index contributed by atoms with van der Waals surface area (Å²) in [6, 6.07) is 0. The van der Waals surface area contributed by atoms with E-state index >= 15 is 0 Å². The zero-order valence-electron chi connectivity index (χ0n) is 12.0. The Kier molecular flexibility index (Phi) is 4.10. The molecule has 102 valence electrons. The molecule has 0 spiro atoms. The van der Waals surface area contributed by atoms with Crippen molar-refractivity contribution in [2.24, 2.45) is 5.41 Å². The lowest BCUT2D eigenvalue weighted by Crippen LogP contribution is -2.56. The fraction of sp³-hybridized carbons (Fsp3) is 0.786. The van der Waals surface area contributed by atoms with E-state index in [1.165, 1.54) is 22.9 Å². The van der Waals surface area contributed by atoms with Gasteiger partial charge in [0.05, 0.1) is 11.2 Å². The van der Waals surface area contributed by atoms with E-state index in [-0.39, 0.29) is 11.0 Å². The highest BCUT2D eigenvalue weighted by atomic mass is 32.2. The number of nitrogens with zero attached hydrogens (tertiary/aromatic N) is 1. The van der Waals surface area contributed by atoms with Gasteiger partial charge in [-0.25, -0.2) is 4.98 Å². The molecule has 18 heavy (non-hydrogen) atoms. The molecule has 0 bridgehead atoms. The van der Waals surface area contributed by atoms with Crippen molar-refractivity contribution in [3.8, 4) is 0 Å². The molecule has 1 aromatic heterocycles. The molecule has 1 unspecified atom stereocenters. The van der Waals surface area contributed by atoms with Crippen molar-refractivity contribution in [2.75, 3.05) is 18.6 Å². The average Bonchev–Trinajstić information content (AvgIpc) is 2.79. The van der Waals surface area contributed by atoms with Crippen LogP contribution in [0.3, 0.4) is 0 Å². The molecule has 2 nitrogen and oxygen atoms in total. The van der Waals surface area contributed by atoms with Crippen molar-refractivity contribution in [1.82, 2.24) is 10.3 Å². The molecule has 1 aliphatic heterocycles. The summed E-state index contributed by atoms with van der Waals surface area (Å²) in [7, 11) is 2.09. The molecular formula is C14H24N2S2. The number of nitrogens with one attached hydrogen (secondary N) is 1. The number of thioether (sulfide) groups is 1. The molecule has 0 amide bonds. The molecule has 0 aliphatic carbocycles. The first-order valence-electron chi connectivity index (χ1n) is 6.65.